The summed E-state index contributed by atoms with van der Waals surface area (Å²) in [4.78, 5) is 5.86. The standard InChI is InChI=1S/C8H17N.CH3.Ga/c1-4-7-9(6-3)8-5-2;;/h1-2,4-8H2,3H3;1H3;. The molecular formula is C9H20GaN. The molecule has 1 rings (SSSR count). The van der Waals surface area contributed by atoms with Crippen molar-refractivity contribution in [3.63, 3.8) is 0 Å². The van der Waals surface area contributed by atoms with Crippen LogP contribution in [0.5, 0.6) is 0 Å². The molecule has 0 aromatic rings. The van der Waals surface area contributed by atoms with E-state index in [1.165, 1.54) is 32.5 Å². The molecule has 0 amide bonds. The molecule has 0 bridgehead atoms. The molecular weight excluding hydrogens is 192 g/mol. The number of hydrogen-bond donors (Lipinski definition) is 0. The van der Waals surface area contributed by atoms with E-state index in [2.05, 4.69) is 17.3 Å². The van der Waals surface area contributed by atoms with Crippen molar-refractivity contribution in [2.45, 2.75) is 35.2 Å². The molecule has 0 unspecified atom stereocenters. The van der Waals surface area contributed by atoms with Crippen LogP contribution in [0, 0.1) is 0 Å². The Bertz CT molecular complexity index is 95.7. The molecule has 1 heterocycles. The molecule has 0 aromatic heterocycles. The monoisotopic (exact) mass is 211 g/mol. The minimum atomic E-state index is -0.658. The van der Waals surface area contributed by atoms with Gasteiger partial charge in [0.25, 0.3) is 0 Å². The van der Waals surface area contributed by atoms with Crippen LogP contribution in [0.25, 0.3) is 0 Å². The average Bonchev–Trinajstić information content (AvgIpc) is 1.96. The van der Waals surface area contributed by atoms with Gasteiger partial charge in [0.1, 0.15) is 0 Å². The number of hydrogen-bond acceptors (Lipinski definition) is 1. The summed E-state index contributed by atoms with van der Waals surface area (Å²) >= 11 is -0.658. The normalized spacial score (nSPS) is 22.9. The molecule has 0 N–H and O–H groups in total. The van der Waals surface area contributed by atoms with Gasteiger partial charge >= 0.3 is 75.9 Å². The van der Waals surface area contributed by atoms with Crippen molar-refractivity contribution >= 4 is 16.2 Å². The first kappa shape index (κ1) is 9.68. The van der Waals surface area contributed by atoms with Crippen LogP contribution in [-0.2, 0) is 0 Å². The van der Waals surface area contributed by atoms with E-state index >= 15 is 0 Å². The van der Waals surface area contributed by atoms with Crippen molar-refractivity contribution in [3.05, 3.63) is 0 Å². The third-order valence-corrected chi connectivity index (χ3v) is 8.64. The van der Waals surface area contributed by atoms with Gasteiger partial charge in [-0.05, 0) is 0 Å². The third-order valence-electron chi connectivity index (χ3n) is 2.79. The molecule has 1 aliphatic rings. The van der Waals surface area contributed by atoms with Crippen molar-refractivity contribution in [3.8, 4) is 0 Å². The fraction of sp³-hybridized carbons (Fsp3) is 1.00. The van der Waals surface area contributed by atoms with Gasteiger partial charge in [-0.1, -0.05) is 0 Å². The molecule has 0 radical (unpaired) electrons. The second-order valence-corrected chi connectivity index (χ2v) is 10.9. The van der Waals surface area contributed by atoms with Crippen LogP contribution in [0.4, 0.5) is 0 Å². The molecule has 0 atom stereocenters. The third kappa shape index (κ3) is 3.68. The summed E-state index contributed by atoms with van der Waals surface area (Å²) in [7, 11) is 0. The van der Waals surface area contributed by atoms with E-state index in [4.69, 9.17) is 0 Å². The SMILES string of the molecule is CCN1CC[CH2][Ga]([CH3])[CH2]CC1. The van der Waals surface area contributed by atoms with Crippen molar-refractivity contribution in [1.29, 1.82) is 0 Å². The van der Waals surface area contributed by atoms with Gasteiger partial charge in [-0.25, -0.2) is 0 Å². The zero-order valence-electron chi connectivity index (χ0n) is 7.97. The summed E-state index contributed by atoms with van der Waals surface area (Å²) in [6, 6.07) is 0. The fourth-order valence-electron chi connectivity index (χ4n) is 1.90. The first-order valence-electron chi connectivity index (χ1n) is 5.05. The summed E-state index contributed by atoms with van der Waals surface area (Å²) < 4.78 is 0. The van der Waals surface area contributed by atoms with E-state index in [-0.39, 0.29) is 0 Å². The number of nitrogens with zero attached hydrogens (tertiary/aromatic N) is 1. The minimum absolute atomic E-state index is 0.658. The van der Waals surface area contributed by atoms with Crippen molar-refractivity contribution < 1.29 is 0 Å². The van der Waals surface area contributed by atoms with Crippen LogP contribution in [0.1, 0.15) is 19.8 Å². The van der Waals surface area contributed by atoms with Gasteiger partial charge in [0, 0.05) is 0 Å². The maximum atomic E-state index is 2.61. The summed E-state index contributed by atoms with van der Waals surface area (Å²) in [6.45, 7) is 6.31. The molecule has 0 saturated carbocycles. The summed E-state index contributed by atoms with van der Waals surface area (Å²) in [6.07, 6.45) is 2.99. The van der Waals surface area contributed by atoms with Gasteiger partial charge in [0.05, 0.1) is 0 Å². The van der Waals surface area contributed by atoms with Gasteiger partial charge in [-0.3, -0.25) is 0 Å². The van der Waals surface area contributed by atoms with Crippen LogP contribution in [-0.4, -0.2) is 40.8 Å². The molecule has 1 saturated heterocycles. The first-order valence-corrected chi connectivity index (χ1v) is 10.9. The molecule has 2 heteroatoms. The summed E-state index contributed by atoms with van der Waals surface area (Å²) in [5.41, 5.74) is 2.58. The Kier molecular flexibility index (Phi) is 4.65. The average molecular weight is 212 g/mol. The molecule has 1 aliphatic heterocycles. The Morgan fingerprint density at radius 1 is 1.18 bits per heavy atom. The topological polar surface area (TPSA) is 3.24 Å². The predicted molar refractivity (Wildman–Crippen MR) is 52.6 cm³/mol. The second kappa shape index (κ2) is 5.28. The predicted octanol–water partition coefficient (Wildman–Crippen LogP) is 2.23. The zero-order chi connectivity index (χ0) is 8.10. The van der Waals surface area contributed by atoms with E-state index < -0.39 is 16.2 Å². The van der Waals surface area contributed by atoms with E-state index in [0.717, 1.165) is 0 Å². The van der Waals surface area contributed by atoms with E-state index in [9.17, 15) is 0 Å². The van der Waals surface area contributed by atoms with Gasteiger partial charge in [0.2, 0.25) is 0 Å². The van der Waals surface area contributed by atoms with Crippen LogP contribution in [0.2, 0.25) is 15.4 Å². The van der Waals surface area contributed by atoms with E-state index in [1.807, 2.05) is 0 Å². The van der Waals surface area contributed by atoms with Crippen molar-refractivity contribution in [2.24, 2.45) is 0 Å². The maximum absolute atomic E-state index is 2.61. The van der Waals surface area contributed by atoms with E-state index in [0.29, 0.717) is 0 Å². The van der Waals surface area contributed by atoms with Crippen molar-refractivity contribution in [1.82, 2.24) is 4.90 Å². The van der Waals surface area contributed by atoms with Gasteiger partial charge in [0.15, 0.2) is 0 Å². The Morgan fingerprint density at radius 3 is 2.18 bits per heavy atom. The zero-order valence-corrected chi connectivity index (χ0v) is 10.4. The first-order chi connectivity index (χ1) is 5.33. The Morgan fingerprint density at radius 2 is 1.73 bits per heavy atom. The molecule has 64 valence electrons. The fourth-order valence-corrected chi connectivity index (χ4v) is 6.20. The Hall–Kier alpha value is 0.596. The van der Waals surface area contributed by atoms with Gasteiger partial charge in [-0.15, -0.1) is 0 Å². The molecule has 11 heavy (non-hydrogen) atoms. The molecule has 1 fully saturated rings. The van der Waals surface area contributed by atoms with E-state index in [1.54, 1.807) is 9.95 Å². The van der Waals surface area contributed by atoms with Gasteiger partial charge < -0.3 is 0 Å². The molecule has 1 nitrogen and oxygen atoms in total. The van der Waals surface area contributed by atoms with Crippen LogP contribution in [0.3, 0.4) is 0 Å². The second-order valence-electron chi connectivity index (χ2n) is 3.82. The molecule has 0 spiro atoms. The van der Waals surface area contributed by atoms with Crippen LogP contribution >= 0.6 is 0 Å². The molecule has 0 aromatic carbocycles. The Balaban J connectivity index is 2.22. The molecule has 0 aliphatic carbocycles. The van der Waals surface area contributed by atoms with Gasteiger partial charge in [-0.2, -0.15) is 0 Å². The summed E-state index contributed by atoms with van der Waals surface area (Å²) in [5, 5.41) is 0. The Labute approximate surface area is 76.2 Å². The quantitative estimate of drug-likeness (QED) is 0.602. The van der Waals surface area contributed by atoms with Crippen molar-refractivity contribution in [2.75, 3.05) is 19.6 Å². The number of rotatable bonds is 1. The van der Waals surface area contributed by atoms with Crippen LogP contribution in [0.15, 0.2) is 0 Å². The van der Waals surface area contributed by atoms with Crippen LogP contribution < -0.4 is 0 Å². The summed E-state index contributed by atoms with van der Waals surface area (Å²) in [5.74, 6) is 0.